The fourth-order valence-electron chi connectivity index (χ4n) is 1.08. The van der Waals surface area contributed by atoms with Crippen molar-refractivity contribution >= 4 is 35.5 Å². The van der Waals surface area contributed by atoms with Gasteiger partial charge < -0.3 is 5.11 Å². The second-order valence-corrected chi connectivity index (χ2v) is 2.29. The topological polar surface area (TPSA) is 20.2 Å². The molecule has 1 N–H and O–H groups in total. The lowest BCUT2D eigenvalue weighted by atomic mass is 9.98. The Morgan fingerprint density at radius 2 is 1.44 bits per heavy atom. The number of halogens is 1. The Morgan fingerprint density at radius 3 is 1.67 bits per heavy atom. The van der Waals surface area contributed by atoms with E-state index in [-0.39, 0.29) is 41.6 Å². The van der Waals surface area contributed by atoms with Gasteiger partial charge in [0.05, 0.1) is 6.10 Å². The molecule has 0 bridgehead atoms. The van der Waals surface area contributed by atoms with Gasteiger partial charge in [0.2, 0.25) is 0 Å². The molecular weight excluding hydrogens is 148 g/mol. The van der Waals surface area contributed by atoms with Gasteiger partial charge in [0.15, 0.2) is 0 Å². The smallest absolute Gasteiger partial charge is 0.316 e. The van der Waals surface area contributed by atoms with Crippen molar-refractivity contribution in [3.05, 3.63) is 0 Å². The molecule has 0 saturated heterocycles. The molecule has 1 saturated carbocycles. The van der Waals surface area contributed by atoms with E-state index in [2.05, 4.69) is 0 Å². The highest BCUT2D eigenvalue weighted by Gasteiger charge is 2.07. The summed E-state index contributed by atoms with van der Waals surface area (Å²) in [5.74, 6) is 0. The second-order valence-electron chi connectivity index (χ2n) is 2.29. The number of rotatable bonds is 0. The minimum absolute atomic E-state index is 0. The van der Waals surface area contributed by atoms with Crippen LogP contribution in [0.3, 0.4) is 0 Å². The average molecular weight is 163 g/mol. The molecule has 54 valence electrons. The summed E-state index contributed by atoms with van der Waals surface area (Å²) in [6, 6.07) is 0. The maximum atomic E-state index is 8.91. The monoisotopic (exact) mass is 162 g/mol. The third-order valence-corrected chi connectivity index (χ3v) is 1.57. The van der Waals surface area contributed by atoms with E-state index < -0.39 is 0 Å². The van der Waals surface area contributed by atoms with Gasteiger partial charge in [-0.1, -0.05) is 19.3 Å². The van der Waals surface area contributed by atoms with E-state index in [1.165, 1.54) is 19.3 Å². The maximum absolute atomic E-state index is 8.91. The summed E-state index contributed by atoms with van der Waals surface area (Å²) >= 11 is 0. The van der Waals surface area contributed by atoms with Crippen LogP contribution in [-0.2, 0) is 0 Å². The fourth-order valence-corrected chi connectivity index (χ4v) is 1.08. The first-order valence-corrected chi connectivity index (χ1v) is 3.07. The third-order valence-electron chi connectivity index (χ3n) is 1.57. The molecule has 0 spiro atoms. The lowest BCUT2D eigenvalue weighted by molar-refractivity contribution is 0.130. The molecule has 0 aromatic heterocycles. The predicted molar refractivity (Wildman–Crippen MR) is 44.9 cm³/mol. The standard InChI is InChI=1S/C6H12O.ClH.Mg.2H/c7-6-4-2-1-3-5-6;;;;/h6-7H,1-5H2;1H;;;. The van der Waals surface area contributed by atoms with Gasteiger partial charge in [0.25, 0.3) is 0 Å². The zero-order chi connectivity index (χ0) is 5.11. The SMILES string of the molecule is Cl.OC1CCCCC1.[MgH2]. The van der Waals surface area contributed by atoms with Gasteiger partial charge in [-0.25, -0.2) is 0 Å². The van der Waals surface area contributed by atoms with Gasteiger partial charge in [-0.15, -0.1) is 12.4 Å². The van der Waals surface area contributed by atoms with Crippen molar-refractivity contribution in [3.8, 4) is 0 Å². The van der Waals surface area contributed by atoms with E-state index in [0.717, 1.165) is 12.8 Å². The first kappa shape index (κ1) is 12.7. The third kappa shape index (κ3) is 5.46. The largest absolute Gasteiger partial charge is 0.393 e. The van der Waals surface area contributed by atoms with Crippen molar-refractivity contribution in [1.82, 2.24) is 0 Å². The summed E-state index contributed by atoms with van der Waals surface area (Å²) in [7, 11) is 0. The Bertz CT molecular complexity index is 55.0. The molecule has 1 fully saturated rings. The summed E-state index contributed by atoms with van der Waals surface area (Å²) < 4.78 is 0. The molecule has 3 heteroatoms. The van der Waals surface area contributed by atoms with Crippen LogP contribution in [0.15, 0.2) is 0 Å². The highest BCUT2D eigenvalue weighted by Crippen LogP contribution is 2.16. The lowest BCUT2D eigenvalue weighted by Crippen LogP contribution is -2.09. The van der Waals surface area contributed by atoms with Crippen LogP contribution in [0.2, 0.25) is 0 Å². The molecule has 0 radical (unpaired) electrons. The van der Waals surface area contributed by atoms with E-state index in [9.17, 15) is 0 Å². The Kier molecular flexibility index (Phi) is 10.0. The molecule has 1 aliphatic carbocycles. The molecule has 1 nitrogen and oxygen atoms in total. The maximum Gasteiger partial charge on any atom is 0.316 e. The average Bonchev–Trinajstić information content (AvgIpc) is 1.69. The summed E-state index contributed by atoms with van der Waals surface area (Å²) in [6.07, 6.45) is 5.92. The van der Waals surface area contributed by atoms with Crippen molar-refractivity contribution < 1.29 is 5.11 Å². The van der Waals surface area contributed by atoms with Gasteiger partial charge in [-0.2, -0.15) is 0 Å². The first-order chi connectivity index (χ1) is 3.39. The van der Waals surface area contributed by atoms with E-state index in [4.69, 9.17) is 5.11 Å². The molecule has 0 unspecified atom stereocenters. The van der Waals surface area contributed by atoms with Gasteiger partial charge in [-0.3, -0.25) is 0 Å². The van der Waals surface area contributed by atoms with E-state index in [1.807, 2.05) is 0 Å². The van der Waals surface area contributed by atoms with E-state index in [0.29, 0.717) is 0 Å². The van der Waals surface area contributed by atoms with E-state index >= 15 is 0 Å². The molecular formula is C6H15ClMgO. The number of aliphatic hydroxyl groups is 1. The molecule has 9 heavy (non-hydrogen) atoms. The second kappa shape index (κ2) is 7.13. The molecule has 0 aromatic rings. The molecule has 0 heterocycles. The van der Waals surface area contributed by atoms with Crippen LogP contribution in [0, 0.1) is 0 Å². The Hall–Kier alpha value is 1.02. The van der Waals surface area contributed by atoms with Crippen molar-refractivity contribution in [1.29, 1.82) is 0 Å². The van der Waals surface area contributed by atoms with Crippen molar-refractivity contribution in [2.24, 2.45) is 0 Å². The van der Waals surface area contributed by atoms with Gasteiger partial charge in [0, 0.05) is 0 Å². The van der Waals surface area contributed by atoms with Gasteiger partial charge in [-0.05, 0) is 12.8 Å². The Labute approximate surface area is 78.8 Å². The zero-order valence-electron chi connectivity index (χ0n) is 4.97. The highest BCUT2D eigenvalue weighted by molar-refractivity contribution is 5.85. The lowest BCUT2D eigenvalue weighted by Gasteiger charge is -2.14. The minimum atomic E-state index is 0. The molecule has 0 aromatic carbocycles. The Balaban J connectivity index is 0. The molecule has 0 atom stereocenters. The van der Waals surface area contributed by atoms with Crippen LogP contribution < -0.4 is 0 Å². The number of hydrogen-bond donors (Lipinski definition) is 1. The van der Waals surface area contributed by atoms with E-state index in [1.54, 1.807) is 0 Å². The molecule has 1 rings (SSSR count). The van der Waals surface area contributed by atoms with Crippen molar-refractivity contribution in [3.63, 3.8) is 0 Å². The molecule has 0 amide bonds. The quantitative estimate of drug-likeness (QED) is 0.524. The zero-order valence-corrected chi connectivity index (χ0v) is 5.78. The highest BCUT2D eigenvalue weighted by atomic mass is 35.5. The molecule has 1 aliphatic rings. The van der Waals surface area contributed by atoms with Crippen LogP contribution in [0.25, 0.3) is 0 Å². The van der Waals surface area contributed by atoms with Crippen LogP contribution in [0.1, 0.15) is 32.1 Å². The van der Waals surface area contributed by atoms with Crippen LogP contribution in [-0.4, -0.2) is 34.3 Å². The van der Waals surface area contributed by atoms with Gasteiger partial charge >= 0.3 is 23.1 Å². The van der Waals surface area contributed by atoms with Crippen molar-refractivity contribution in [2.45, 2.75) is 38.2 Å². The summed E-state index contributed by atoms with van der Waals surface area (Å²) in [5.41, 5.74) is 0. The predicted octanol–water partition coefficient (Wildman–Crippen LogP) is 0.817. The van der Waals surface area contributed by atoms with Gasteiger partial charge in [0.1, 0.15) is 0 Å². The van der Waals surface area contributed by atoms with Crippen LogP contribution >= 0.6 is 12.4 Å². The number of aliphatic hydroxyl groups excluding tert-OH is 1. The summed E-state index contributed by atoms with van der Waals surface area (Å²) in [5, 5.41) is 8.91. The first-order valence-electron chi connectivity index (χ1n) is 3.07. The van der Waals surface area contributed by atoms with Crippen LogP contribution in [0.5, 0.6) is 0 Å². The summed E-state index contributed by atoms with van der Waals surface area (Å²) in [6.45, 7) is 0. The Morgan fingerprint density at radius 1 is 1.00 bits per heavy atom. The summed E-state index contributed by atoms with van der Waals surface area (Å²) in [4.78, 5) is 0. The molecule has 0 aliphatic heterocycles. The normalized spacial score (nSPS) is 19.7. The van der Waals surface area contributed by atoms with Crippen molar-refractivity contribution in [2.75, 3.05) is 0 Å². The minimum Gasteiger partial charge on any atom is -0.393 e. The number of hydrogen-bond acceptors (Lipinski definition) is 1. The van der Waals surface area contributed by atoms with Crippen LogP contribution in [0.4, 0.5) is 0 Å². The fraction of sp³-hybridized carbons (Fsp3) is 1.00.